The molecule has 1 N–H and O–H groups in total. The first kappa shape index (κ1) is 17.4. The molecule has 0 aliphatic carbocycles. The van der Waals surface area contributed by atoms with Crippen LogP contribution in [0.25, 0.3) is 6.08 Å². The number of para-hydroxylation sites is 1. The van der Waals surface area contributed by atoms with Gasteiger partial charge in [0.1, 0.15) is 0 Å². The largest absolute Gasteiger partial charge is 0.322 e. The van der Waals surface area contributed by atoms with Crippen molar-refractivity contribution in [3.63, 3.8) is 0 Å². The van der Waals surface area contributed by atoms with Crippen molar-refractivity contribution in [2.75, 3.05) is 5.32 Å². The highest BCUT2D eigenvalue weighted by Gasteiger charge is 2.10. The van der Waals surface area contributed by atoms with Gasteiger partial charge in [-0.3, -0.25) is 14.9 Å². The number of carbonyl (C=O) groups excluding carboxylic acids is 1. The van der Waals surface area contributed by atoms with E-state index in [0.717, 1.165) is 16.8 Å². The first-order valence-corrected chi connectivity index (χ1v) is 7.71. The van der Waals surface area contributed by atoms with Crippen LogP contribution in [0.15, 0.2) is 48.5 Å². The van der Waals surface area contributed by atoms with Gasteiger partial charge in [-0.1, -0.05) is 44.2 Å². The van der Waals surface area contributed by atoms with Crippen molar-refractivity contribution in [1.82, 2.24) is 0 Å². The molecule has 0 radical (unpaired) electrons. The number of nitro groups is 1. The normalized spacial score (nSPS) is 11.0. The third-order valence-electron chi connectivity index (χ3n) is 3.68. The summed E-state index contributed by atoms with van der Waals surface area (Å²) >= 11 is 0. The summed E-state index contributed by atoms with van der Waals surface area (Å²) in [6.45, 7) is 6.10. The Morgan fingerprint density at radius 1 is 1.21 bits per heavy atom. The Bertz CT molecular complexity index is 795. The van der Waals surface area contributed by atoms with Gasteiger partial charge in [0.05, 0.1) is 4.92 Å². The maximum Gasteiger partial charge on any atom is 0.270 e. The lowest BCUT2D eigenvalue weighted by atomic mass is 9.98. The standard InChI is InChI=1S/C19H20N2O3/c1-13(2)17-9-4-6-14(3)19(17)20-18(22)11-10-15-7-5-8-16(12-15)21(23)24/h4-13H,1-3H3,(H,20,22). The molecule has 0 unspecified atom stereocenters. The third kappa shape index (κ3) is 4.29. The molecular formula is C19H20N2O3. The van der Waals surface area contributed by atoms with Crippen LogP contribution in [-0.2, 0) is 4.79 Å². The van der Waals surface area contributed by atoms with Crippen LogP contribution in [-0.4, -0.2) is 10.8 Å². The van der Waals surface area contributed by atoms with Gasteiger partial charge in [-0.15, -0.1) is 0 Å². The molecule has 2 aromatic carbocycles. The number of nitro benzene ring substituents is 1. The molecule has 2 aromatic rings. The zero-order chi connectivity index (χ0) is 17.7. The zero-order valence-electron chi connectivity index (χ0n) is 13.9. The van der Waals surface area contributed by atoms with E-state index in [0.29, 0.717) is 11.5 Å². The summed E-state index contributed by atoms with van der Waals surface area (Å²) in [4.78, 5) is 22.5. The van der Waals surface area contributed by atoms with E-state index in [2.05, 4.69) is 19.2 Å². The Morgan fingerprint density at radius 2 is 1.92 bits per heavy atom. The molecule has 0 fully saturated rings. The summed E-state index contributed by atoms with van der Waals surface area (Å²) in [6, 6.07) is 12.1. The number of nitrogens with zero attached hydrogens (tertiary/aromatic N) is 1. The Morgan fingerprint density at radius 3 is 2.58 bits per heavy atom. The van der Waals surface area contributed by atoms with Gasteiger partial charge < -0.3 is 5.32 Å². The molecule has 2 rings (SSSR count). The maximum atomic E-state index is 12.2. The Kier molecular flexibility index (Phi) is 5.47. The molecule has 0 atom stereocenters. The monoisotopic (exact) mass is 324 g/mol. The third-order valence-corrected chi connectivity index (χ3v) is 3.68. The summed E-state index contributed by atoms with van der Waals surface area (Å²) in [5, 5.41) is 13.7. The number of amides is 1. The van der Waals surface area contributed by atoms with E-state index in [1.807, 2.05) is 25.1 Å². The fraction of sp³-hybridized carbons (Fsp3) is 0.211. The molecule has 0 bridgehead atoms. The molecule has 0 saturated heterocycles. The molecule has 5 nitrogen and oxygen atoms in total. The van der Waals surface area contributed by atoms with Crippen molar-refractivity contribution in [2.24, 2.45) is 0 Å². The van der Waals surface area contributed by atoms with Crippen LogP contribution in [0.2, 0.25) is 0 Å². The van der Waals surface area contributed by atoms with Crippen LogP contribution in [0, 0.1) is 17.0 Å². The topological polar surface area (TPSA) is 72.2 Å². The number of hydrogen-bond acceptors (Lipinski definition) is 3. The highest BCUT2D eigenvalue weighted by atomic mass is 16.6. The molecule has 0 spiro atoms. The van der Waals surface area contributed by atoms with Crippen molar-refractivity contribution in [3.8, 4) is 0 Å². The van der Waals surface area contributed by atoms with Gasteiger partial charge in [0.15, 0.2) is 0 Å². The SMILES string of the molecule is Cc1cccc(C(C)C)c1NC(=O)C=Cc1cccc([N+](=O)[O-])c1. The van der Waals surface area contributed by atoms with Crippen molar-refractivity contribution in [3.05, 3.63) is 75.3 Å². The second-order valence-electron chi connectivity index (χ2n) is 5.87. The number of hydrogen-bond donors (Lipinski definition) is 1. The fourth-order valence-electron chi connectivity index (χ4n) is 2.42. The Balaban J connectivity index is 2.17. The predicted molar refractivity (Wildman–Crippen MR) is 96.0 cm³/mol. The lowest BCUT2D eigenvalue weighted by Gasteiger charge is -2.15. The number of aryl methyl sites for hydroxylation is 1. The highest BCUT2D eigenvalue weighted by molar-refractivity contribution is 6.02. The van der Waals surface area contributed by atoms with Gasteiger partial charge in [-0.2, -0.15) is 0 Å². The average molecular weight is 324 g/mol. The van der Waals surface area contributed by atoms with Crippen LogP contribution in [0.1, 0.15) is 36.5 Å². The predicted octanol–water partition coefficient (Wildman–Crippen LogP) is 4.68. The van der Waals surface area contributed by atoms with E-state index in [1.165, 1.54) is 18.2 Å². The number of carbonyl (C=O) groups is 1. The lowest BCUT2D eigenvalue weighted by molar-refractivity contribution is -0.384. The lowest BCUT2D eigenvalue weighted by Crippen LogP contribution is -2.11. The number of non-ortho nitro benzene ring substituents is 1. The smallest absolute Gasteiger partial charge is 0.270 e. The van der Waals surface area contributed by atoms with E-state index >= 15 is 0 Å². The molecule has 0 aliphatic heterocycles. The van der Waals surface area contributed by atoms with E-state index in [4.69, 9.17) is 0 Å². The van der Waals surface area contributed by atoms with Crippen LogP contribution >= 0.6 is 0 Å². The molecule has 1 amide bonds. The van der Waals surface area contributed by atoms with E-state index < -0.39 is 4.92 Å². The van der Waals surface area contributed by atoms with Crippen molar-refractivity contribution < 1.29 is 9.72 Å². The average Bonchev–Trinajstić information content (AvgIpc) is 2.55. The van der Waals surface area contributed by atoms with Gasteiger partial charge in [0.25, 0.3) is 5.69 Å². The van der Waals surface area contributed by atoms with Gasteiger partial charge >= 0.3 is 0 Å². The molecular weight excluding hydrogens is 304 g/mol. The summed E-state index contributed by atoms with van der Waals surface area (Å²) < 4.78 is 0. The molecule has 24 heavy (non-hydrogen) atoms. The minimum Gasteiger partial charge on any atom is -0.322 e. The summed E-state index contributed by atoms with van der Waals surface area (Å²) in [6.07, 6.45) is 2.95. The molecule has 0 aliphatic rings. The first-order chi connectivity index (χ1) is 11.4. The van der Waals surface area contributed by atoms with Crippen molar-refractivity contribution in [1.29, 1.82) is 0 Å². The molecule has 5 heteroatoms. The second-order valence-corrected chi connectivity index (χ2v) is 5.87. The van der Waals surface area contributed by atoms with Crippen molar-refractivity contribution in [2.45, 2.75) is 26.7 Å². The number of nitrogens with one attached hydrogen (secondary N) is 1. The van der Waals surface area contributed by atoms with E-state index in [-0.39, 0.29) is 11.6 Å². The quantitative estimate of drug-likeness (QED) is 0.493. The maximum absolute atomic E-state index is 12.2. The molecule has 0 heterocycles. The molecule has 124 valence electrons. The number of benzene rings is 2. The van der Waals surface area contributed by atoms with Crippen LogP contribution in [0.4, 0.5) is 11.4 Å². The van der Waals surface area contributed by atoms with E-state index in [9.17, 15) is 14.9 Å². The Labute approximate surface area is 141 Å². The number of rotatable bonds is 5. The number of anilines is 1. The van der Waals surface area contributed by atoms with E-state index in [1.54, 1.807) is 18.2 Å². The van der Waals surface area contributed by atoms with Gasteiger partial charge in [-0.25, -0.2) is 0 Å². The summed E-state index contributed by atoms with van der Waals surface area (Å²) in [5.74, 6) is 0.0265. The second kappa shape index (κ2) is 7.55. The van der Waals surface area contributed by atoms with Crippen LogP contribution in [0.3, 0.4) is 0 Å². The Hall–Kier alpha value is -2.95. The summed E-state index contributed by atoms with van der Waals surface area (Å²) in [5.41, 5.74) is 3.50. The zero-order valence-corrected chi connectivity index (χ0v) is 13.9. The van der Waals surface area contributed by atoms with Gasteiger partial charge in [0, 0.05) is 23.9 Å². The van der Waals surface area contributed by atoms with Crippen LogP contribution in [0.5, 0.6) is 0 Å². The minimum absolute atomic E-state index is 0.00134. The molecule has 0 aromatic heterocycles. The minimum atomic E-state index is -0.459. The molecule has 0 saturated carbocycles. The van der Waals surface area contributed by atoms with Gasteiger partial charge in [0.2, 0.25) is 5.91 Å². The van der Waals surface area contributed by atoms with Crippen LogP contribution < -0.4 is 5.32 Å². The highest BCUT2D eigenvalue weighted by Crippen LogP contribution is 2.27. The first-order valence-electron chi connectivity index (χ1n) is 7.71. The fourth-order valence-corrected chi connectivity index (χ4v) is 2.42. The summed E-state index contributed by atoms with van der Waals surface area (Å²) in [7, 11) is 0. The van der Waals surface area contributed by atoms with Gasteiger partial charge in [-0.05, 0) is 35.6 Å². The van der Waals surface area contributed by atoms with Crippen molar-refractivity contribution >= 4 is 23.4 Å².